The Morgan fingerprint density at radius 3 is 2.94 bits per heavy atom. The molecular formula is C13H19N5. The van der Waals surface area contributed by atoms with Crippen molar-refractivity contribution in [1.82, 2.24) is 20.3 Å². The Balaban J connectivity index is 1.85. The number of imidazole rings is 1. The van der Waals surface area contributed by atoms with Gasteiger partial charge in [0.1, 0.15) is 11.6 Å². The van der Waals surface area contributed by atoms with Gasteiger partial charge in [0, 0.05) is 20.5 Å². The van der Waals surface area contributed by atoms with Gasteiger partial charge in [-0.3, -0.25) is 0 Å². The van der Waals surface area contributed by atoms with Crippen molar-refractivity contribution in [2.24, 2.45) is 5.92 Å². The summed E-state index contributed by atoms with van der Waals surface area (Å²) in [4.78, 5) is 14.5. The zero-order valence-electron chi connectivity index (χ0n) is 10.9. The van der Waals surface area contributed by atoms with Crippen LogP contribution in [-0.4, -0.2) is 42.1 Å². The summed E-state index contributed by atoms with van der Waals surface area (Å²) in [5.74, 6) is 2.71. The van der Waals surface area contributed by atoms with Crippen molar-refractivity contribution in [3.05, 3.63) is 18.0 Å². The summed E-state index contributed by atoms with van der Waals surface area (Å²) in [5.41, 5.74) is 1.85. The Labute approximate surface area is 107 Å². The minimum atomic E-state index is 0.707. The van der Waals surface area contributed by atoms with Crippen molar-refractivity contribution in [3.63, 3.8) is 0 Å². The Morgan fingerprint density at radius 2 is 2.22 bits per heavy atom. The van der Waals surface area contributed by atoms with Gasteiger partial charge < -0.3 is 15.2 Å². The standard InChI is InChI=1S/C13H19N5/c1-18(2)12-4-3-10-13(17-12)16-11(15-10)7-9-5-6-14-8-9/h3-4,9,14H,5-8H2,1-2H3,(H,15,16,17). The van der Waals surface area contributed by atoms with Gasteiger partial charge in [-0.05, 0) is 37.6 Å². The average molecular weight is 245 g/mol. The van der Waals surface area contributed by atoms with E-state index in [4.69, 9.17) is 0 Å². The van der Waals surface area contributed by atoms with Crippen LogP contribution in [0, 0.1) is 5.92 Å². The number of fused-ring (bicyclic) bond motifs is 1. The number of hydrogen-bond acceptors (Lipinski definition) is 4. The van der Waals surface area contributed by atoms with Gasteiger partial charge in [0.05, 0.1) is 5.52 Å². The number of aromatic amines is 1. The van der Waals surface area contributed by atoms with E-state index in [0.717, 1.165) is 42.3 Å². The van der Waals surface area contributed by atoms with Crippen LogP contribution >= 0.6 is 0 Å². The third kappa shape index (κ3) is 2.18. The van der Waals surface area contributed by atoms with Crippen molar-refractivity contribution < 1.29 is 0 Å². The predicted octanol–water partition coefficient (Wildman–Crippen LogP) is 1.18. The molecule has 18 heavy (non-hydrogen) atoms. The first-order valence-electron chi connectivity index (χ1n) is 6.46. The van der Waals surface area contributed by atoms with E-state index in [-0.39, 0.29) is 0 Å². The molecule has 0 aromatic carbocycles. The van der Waals surface area contributed by atoms with Crippen molar-refractivity contribution in [1.29, 1.82) is 0 Å². The quantitative estimate of drug-likeness (QED) is 0.852. The molecule has 0 bridgehead atoms. The van der Waals surface area contributed by atoms with E-state index < -0.39 is 0 Å². The summed E-state index contributed by atoms with van der Waals surface area (Å²) in [7, 11) is 3.98. The molecule has 3 heterocycles. The maximum atomic E-state index is 4.60. The molecule has 0 saturated carbocycles. The van der Waals surface area contributed by atoms with Gasteiger partial charge in [-0.25, -0.2) is 9.97 Å². The van der Waals surface area contributed by atoms with Gasteiger partial charge in [-0.1, -0.05) is 0 Å². The van der Waals surface area contributed by atoms with Crippen LogP contribution in [0.2, 0.25) is 0 Å². The Bertz CT molecular complexity index is 539. The van der Waals surface area contributed by atoms with Crippen LogP contribution in [0.3, 0.4) is 0 Å². The van der Waals surface area contributed by atoms with Gasteiger partial charge in [0.2, 0.25) is 0 Å². The summed E-state index contributed by atoms with van der Waals surface area (Å²) < 4.78 is 0. The zero-order valence-corrected chi connectivity index (χ0v) is 10.9. The second-order valence-corrected chi connectivity index (χ2v) is 5.18. The highest BCUT2D eigenvalue weighted by Gasteiger charge is 2.17. The molecule has 1 fully saturated rings. The molecule has 2 aromatic heterocycles. The monoisotopic (exact) mass is 245 g/mol. The van der Waals surface area contributed by atoms with E-state index in [1.54, 1.807) is 0 Å². The molecule has 0 spiro atoms. The third-order valence-electron chi connectivity index (χ3n) is 3.48. The third-order valence-corrected chi connectivity index (χ3v) is 3.48. The van der Waals surface area contributed by atoms with Gasteiger partial charge >= 0.3 is 0 Å². The van der Waals surface area contributed by atoms with E-state index in [1.807, 2.05) is 25.1 Å². The van der Waals surface area contributed by atoms with Gasteiger partial charge in [0.15, 0.2) is 5.65 Å². The number of H-pyrrole nitrogens is 1. The summed E-state index contributed by atoms with van der Waals surface area (Å²) in [6, 6.07) is 4.07. The van der Waals surface area contributed by atoms with Gasteiger partial charge in [-0.2, -0.15) is 0 Å². The summed E-state index contributed by atoms with van der Waals surface area (Å²) in [5, 5.41) is 3.39. The SMILES string of the molecule is CN(C)c1ccc2[nH]c(CC3CCNC3)nc2n1. The smallest absolute Gasteiger partial charge is 0.179 e. The summed E-state index contributed by atoms with van der Waals surface area (Å²) in [6.45, 7) is 2.24. The van der Waals surface area contributed by atoms with Gasteiger partial charge in [0.25, 0.3) is 0 Å². The maximum absolute atomic E-state index is 4.60. The number of nitrogens with zero attached hydrogens (tertiary/aromatic N) is 3. The molecule has 5 heteroatoms. The second kappa shape index (κ2) is 4.57. The topological polar surface area (TPSA) is 56.8 Å². The molecular weight excluding hydrogens is 226 g/mol. The van der Waals surface area contributed by atoms with Crippen molar-refractivity contribution in [2.75, 3.05) is 32.1 Å². The average Bonchev–Trinajstić information content (AvgIpc) is 2.96. The molecule has 0 aliphatic carbocycles. The molecule has 96 valence electrons. The second-order valence-electron chi connectivity index (χ2n) is 5.18. The van der Waals surface area contributed by atoms with Crippen LogP contribution in [0.5, 0.6) is 0 Å². The number of rotatable bonds is 3. The molecule has 3 rings (SSSR count). The minimum absolute atomic E-state index is 0.707. The first-order valence-corrected chi connectivity index (χ1v) is 6.46. The van der Waals surface area contributed by atoms with Crippen LogP contribution in [-0.2, 0) is 6.42 Å². The lowest BCUT2D eigenvalue weighted by Gasteiger charge is -2.09. The van der Waals surface area contributed by atoms with Crippen LogP contribution < -0.4 is 10.2 Å². The first kappa shape index (κ1) is 11.5. The lowest BCUT2D eigenvalue weighted by molar-refractivity contribution is 0.565. The number of anilines is 1. The van der Waals surface area contributed by atoms with Gasteiger partial charge in [-0.15, -0.1) is 0 Å². The lowest BCUT2D eigenvalue weighted by Crippen LogP contribution is -2.11. The van der Waals surface area contributed by atoms with E-state index in [1.165, 1.54) is 6.42 Å². The number of pyridine rings is 1. The van der Waals surface area contributed by atoms with Crippen molar-refractivity contribution in [3.8, 4) is 0 Å². The van der Waals surface area contributed by atoms with Crippen molar-refractivity contribution in [2.45, 2.75) is 12.8 Å². The number of aromatic nitrogens is 3. The normalized spacial score (nSPS) is 19.6. The molecule has 0 amide bonds. The zero-order chi connectivity index (χ0) is 12.5. The van der Waals surface area contributed by atoms with Crippen molar-refractivity contribution >= 4 is 17.0 Å². The molecule has 1 atom stereocenters. The highest BCUT2D eigenvalue weighted by Crippen LogP contribution is 2.18. The lowest BCUT2D eigenvalue weighted by atomic mass is 10.1. The Kier molecular flexibility index (Phi) is 2.91. The number of nitrogens with one attached hydrogen (secondary N) is 2. The first-order chi connectivity index (χ1) is 8.72. The Hall–Kier alpha value is -1.62. The van der Waals surface area contributed by atoms with E-state index >= 15 is 0 Å². The highest BCUT2D eigenvalue weighted by atomic mass is 15.1. The van der Waals surface area contributed by atoms with Crippen LogP contribution in [0.25, 0.3) is 11.2 Å². The fourth-order valence-corrected chi connectivity index (χ4v) is 2.44. The van der Waals surface area contributed by atoms with E-state index in [0.29, 0.717) is 5.92 Å². The molecule has 1 aliphatic rings. The molecule has 2 N–H and O–H groups in total. The molecule has 5 nitrogen and oxygen atoms in total. The van der Waals surface area contributed by atoms with E-state index in [9.17, 15) is 0 Å². The largest absolute Gasteiger partial charge is 0.363 e. The summed E-state index contributed by atoms with van der Waals surface area (Å²) >= 11 is 0. The van der Waals surface area contributed by atoms with Crippen LogP contribution in [0.15, 0.2) is 12.1 Å². The molecule has 2 aromatic rings. The molecule has 0 radical (unpaired) electrons. The van der Waals surface area contributed by atoms with E-state index in [2.05, 4.69) is 26.3 Å². The molecule has 1 aliphatic heterocycles. The Morgan fingerprint density at radius 1 is 1.33 bits per heavy atom. The van der Waals surface area contributed by atoms with Crippen LogP contribution in [0.1, 0.15) is 12.2 Å². The fourth-order valence-electron chi connectivity index (χ4n) is 2.44. The summed E-state index contributed by atoms with van der Waals surface area (Å²) in [6.07, 6.45) is 2.26. The number of hydrogen-bond donors (Lipinski definition) is 2. The molecule has 1 unspecified atom stereocenters. The highest BCUT2D eigenvalue weighted by molar-refractivity contribution is 5.73. The molecule has 1 saturated heterocycles. The fraction of sp³-hybridized carbons (Fsp3) is 0.538. The predicted molar refractivity (Wildman–Crippen MR) is 72.9 cm³/mol. The minimum Gasteiger partial charge on any atom is -0.363 e. The van der Waals surface area contributed by atoms with Crippen LogP contribution in [0.4, 0.5) is 5.82 Å². The maximum Gasteiger partial charge on any atom is 0.179 e.